The molecule has 0 saturated carbocycles. The molecule has 18 heavy (non-hydrogen) atoms. The minimum atomic E-state index is -0.327. The maximum Gasteiger partial charge on any atom is 0.130 e. The fraction of sp³-hybridized carbons (Fsp3) is 0.308. The van der Waals surface area contributed by atoms with E-state index in [0.29, 0.717) is 10.8 Å². The van der Waals surface area contributed by atoms with Gasteiger partial charge in [-0.1, -0.05) is 17.7 Å². The second kappa shape index (κ2) is 5.42. The molecule has 1 unspecified atom stereocenters. The van der Waals surface area contributed by atoms with Crippen molar-refractivity contribution in [3.8, 4) is 5.75 Å². The number of aromatic nitrogens is 2. The standard InChI is InChI=1S/C13H16ClN3O/c1-3-17-7-6-16-13(17)12(15)10-5-4-9(14)8-11(10)18-2/h4-8,12H,3,15H2,1-2H3. The SMILES string of the molecule is CCn1ccnc1C(N)c1ccc(Cl)cc1OC. The summed E-state index contributed by atoms with van der Waals surface area (Å²) < 4.78 is 7.33. The molecule has 1 aromatic heterocycles. The Kier molecular flexibility index (Phi) is 3.89. The first-order valence-electron chi connectivity index (χ1n) is 5.77. The molecule has 0 saturated heterocycles. The van der Waals surface area contributed by atoms with Gasteiger partial charge in [-0.3, -0.25) is 0 Å². The largest absolute Gasteiger partial charge is 0.496 e. The second-order valence-electron chi connectivity index (χ2n) is 3.94. The van der Waals surface area contributed by atoms with Crippen LogP contribution in [-0.4, -0.2) is 16.7 Å². The lowest BCUT2D eigenvalue weighted by molar-refractivity contribution is 0.406. The summed E-state index contributed by atoms with van der Waals surface area (Å²) >= 11 is 5.94. The lowest BCUT2D eigenvalue weighted by atomic mass is 10.1. The van der Waals surface area contributed by atoms with Gasteiger partial charge < -0.3 is 15.0 Å². The van der Waals surface area contributed by atoms with Crippen LogP contribution in [0.15, 0.2) is 30.6 Å². The minimum absolute atomic E-state index is 0.327. The third-order valence-corrected chi connectivity index (χ3v) is 3.13. The Morgan fingerprint density at radius 3 is 2.94 bits per heavy atom. The summed E-state index contributed by atoms with van der Waals surface area (Å²) in [4.78, 5) is 4.31. The average molecular weight is 266 g/mol. The lowest BCUT2D eigenvalue weighted by Gasteiger charge is -2.16. The van der Waals surface area contributed by atoms with E-state index >= 15 is 0 Å². The molecule has 0 bridgehead atoms. The van der Waals surface area contributed by atoms with Gasteiger partial charge in [0.15, 0.2) is 0 Å². The number of halogens is 1. The van der Waals surface area contributed by atoms with E-state index in [2.05, 4.69) is 11.9 Å². The third kappa shape index (κ3) is 2.35. The first kappa shape index (κ1) is 12.9. The summed E-state index contributed by atoms with van der Waals surface area (Å²) in [6, 6.07) is 5.11. The van der Waals surface area contributed by atoms with Gasteiger partial charge in [-0.05, 0) is 19.1 Å². The molecule has 0 aliphatic heterocycles. The fourth-order valence-corrected chi connectivity index (χ4v) is 2.11. The number of aryl methyl sites for hydroxylation is 1. The second-order valence-corrected chi connectivity index (χ2v) is 4.37. The van der Waals surface area contributed by atoms with E-state index in [1.54, 1.807) is 25.4 Å². The number of benzene rings is 1. The van der Waals surface area contributed by atoms with Crippen LogP contribution < -0.4 is 10.5 Å². The van der Waals surface area contributed by atoms with E-state index in [9.17, 15) is 0 Å². The van der Waals surface area contributed by atoms with E-state index in [1.807, 2.05) is 16.8 Å². The lowest BCUT2D eigenvalue weighted by Crippen LogP contribution is -2.18. The van der Waals surface area contributed by atoms with E-state index in [1.165, 1.54) is 0 Å². The highest BCUT2D eigenvalue weighted by Crippen LogP contribution is 2.30. The molecule has 2 N–H and O–H groups in total. The Morgan fingerprint density at radius 1 is 1.50 bits per heavy atom. The number of rotatable bonds is 4. The van der Waals surface area contributed by atoms with Crippen molar-refractivity contribution in [1.29, 1.82) is 0 Å². The van der Waals surface area contributed by atoms with Crippen molar-refractivity contribution in [2.75, 3.05) is 7.11 Å². The fourth-order valence-electron chi connectivity index (χ4n) is 1.95. The number of ether oxygens (including phenoxy) is 1. The van der Waals surface area contributed by atoms with Gasteiger partial charge in [0.25, 0.3) is 0 Å². The van der Waals surface area contributed by atoms with Gasteiger partial charge in [0.2, 0.25) is 0 Å². The van der Waals surface area contributed by atoms with Crippen molar-refractivity contribution in [2.45, 2.75) is 19.5 Å². The maximum atomic E-state index is 6.26. The highest BCUT2D eigenvalue weighted by Gasteiger charge is 2.18. The summed E-state index contributed by atoms with van der Waals surface area (Å²) in [6.07, 6.45) is 3.67. The number of methoxy groups -OCH3 is 1. The van der Waals surface area contributed by atoms with Crippen molar-refractivity contribution in [3.63, 3.8) is 0 Å². The van der Waals surface area contributed by atoms with Crippen LogP contribution in [0.5, 0.6) is 5.75 Å². The molecule has 5 heteroatoms. The molecular weight excluding hydrogens is 250 g/mol. The first-order chi connectivity index (χ1) is 8.67. The van der Waals surface area contributed by atoms with Gasteiger partial charge in [0, 0.05) is 29.5 Å². The number of imidazole rings is 1. The molecule has 1 aromatic carbocycles. The van der Waals surface area contributed by atoms with Gasteiger partial charge in [0.1, 0.15) is 11.6 Å². The molecule has 96 valence electrons. The summed E-state index contributed by atoms with van der Waals surface area (Å²) in [5, 5.41) is 0.627. The summed E-state index contributed by atoms with van der Waals surface area (Å²) in [5.41, 5.74) is 7.13. The predicted octanol–water partition coefficient (Wildman–Crippen LogP) is 2.61. The Morgan fingerprint density at radius 2 is 2.28 bits per heavy atom. The van der Waals surface area contributed by atoms with Gasteiger partial charge in [-0.15, -0.1) is 0 Å². The number of hydrogen-bond acceptors (Lipinski definition) is 3. The molecule has 2 rings (SSSR count). The Balaban J connectivity index is 2.42. The van der Waals surface area contributed by atoms with Crippen LogP contribution >= 0.6 is 11.6 Å². The molecule has 0 radical (unpaired) electrons. The van der Waals surface area contributed by atoms with Crippen molar-refractivity contribution in [1.82, 2.24) is 9.55 Å². The number of nitrogens with zero attached hydrogens (tertiary/aromatic N) is 2. The normalized spacial score (nSPS) is 12.4. The van der Waals surface area contributed by atoms with Crippen molar-refractivity contribution < 1.29 is 4.74 Å². The van der Waals surface area contributed by atoms with E-state index in [4.69, 9.17) is 22.1 Å². The van der Waals surface area contributed by atoms with Gasteiger partial charge in [-0.2, -0.15) is 0 Å². The molecule has 1 heterocycles. The third-order valence-electron chi connectivity index (χ3n) is 2.90. The summed E-state index contributed by atoms with van der Waals surface area (Å²) in [6.45, 7) is 2.88. The van der Waals surface area contributed by atoms with Gasteiger partial charge in [0.05, 0.1) is 13.2 Å². The van der Waals surface area contributed by atoms with Crippen LogP contribution in [0.3, 0.4) is 0 Å². The Labute approximate surface area is 111 Å². The van der Waals surface area contributed by atoms with Crippen molar-refractivity contribution in [3.05, 3.63) is 47.0 Å². The van der Waals surface area contributed by atoms with Crippen LogP contribution in [0.1, 0.15) is 24.4 Å². The number of hydrogen-bond donors (Lipinski definition) is 1. The smallest absolute Gasteiger partial charge is 0.130 e. The van der Waals surface area contributed by atoms with Crippen LogP contribution in [0.25, 0.3) is 0 Å². The monoisotopic (exact) mass is 265 g/mol. The molecule has 0 aliphatic carbocycles. The van der Waals surface area contributed by atoms with Crippen molar-refractivity contribution in [2.24, 2.45) is 5.73 Å². The zero-order valence-electron chi connectivity index (χ0n) is 10.4. The van der Waals surface area contributed by atoms with Gasteiger partial charge >= 0.3 is 0 Å². The predicted molar refractivity (Wildman–Crippen MR) is 71.9 cm³/mol. The minimum Gasteiger partial charge on any atom is -0.496 e. The zero-order chi connectivity index (χ0) is 13.1. The summed E-state index contributed by atoms with van der Waals surface area (Å²) in [7, 11) is 1.61. The first-order valence-corrected chi connectivity index (χ1v) is 6.15. The van der Waals surface area contributed by atoms with Crippen LogP contribution in [0.2, 0.25) is 5.02 Å². The molecule has 2 aromatic rings. The molecule has 0 spiro atoms. The molecular formula is C13H16ClN3O. The molecule has 1 atom stereocenters. The average Bonchev–Trinajstić information content (AvgIpc) is 2.86. The zero-order valence-corrected chi connectivity index (χ0v) is 11.2. The topological polar surface area (TPSA) is 53.1 Å². The van der Waals surface area contributed by atoms with Crippen molar-refractivity contribution >= 4 is 11.6 Å². The summed E-state index contributed by atoms with van der Waals surface area (Å²) in [5.74, 6) is 1.50. The number of nitrogens with two attached hydrogens (primary N) is 1. The molecule has 0 aliphatic rings. The molecule has 0 amide bonds. The van der Waals surface area contributed by atoms with E-state index in [-0.39, 0.29) is 6.04 Å². The van der Waals surface area contributed by atoms with E-state index in [0.717, 1.165) is 17.9 Å². The highest BCUT2D eigenvalue weighted by molar-refractivity contribution is 6.30. The highest BCUT2D eigenvalue weighted by atomic mass is 35.5. The van der Waals surface area contributed by atoms with Crippen LogP contribution in [0.4, 0.5) is 0 Å². The van der Waals surface area contributed by atoms with Crippen LogP contribution in [0, 0.1) is 0 Å². The van der Waals surface area contributed by atoms with Gasteiger partial charge in [-0.25, -0.2) is 4.98 Å². The quantitative estimate of drug-likeness (QED) is 0.925. The Hall–Kier alpha value is -1.52. The molecule has 0 fully saturated rings. The molecule has 4 nitrogen and oxygen atoms in total. The van der Waals surface area contributed by atoms with E-state index < -0.39 is 0 Å². The Bertz CT molecular complexity index is 539. The maximum absolute atomic E-state index is 6.26. The van der Waals surface area contributed by atoms with Crippen LogP contribution in [-0.2, 0) is 6.54 Å².